The van der Waals surface area contributed by atoms with Crippen LogP contribution in [-0.2, 0) is 36.0 Å². The van der Waals surface area contributed by atoms with Crippen molar-refractivity contribution in [1.82, 2.24) is 19.4 Å². The van der Waals surface area contributed by atoms with Gasteiger partial charge < -0.3 is 14.8 Å². The molecule has 1 aliphatic rings. The van der Waals surface area contributed by atoms with Gasteiger partial charge in [0, 0.05) is 31.4 Å². The van der Waals surface area contributed by atoms with Crippen molar-refractivity contribution in [3.05, 3.63) is 56.0 Å². The average Bonchev–Trinajstić information content (AvgIpc) is 2.66. The molecule has 0 aliphatic carbocycles. The fourth-order valence-electron chi connectivity index (χ4n) is 3.40. The molecule has 2 aromatic rings. The summed E-state index contributed by atoms with van der Waals surface area (Å²) in [5.41, 5.74) is 0.671. The van der Waals surface area contributed by atoms with Crippen LogP contribution in [0.4, 0.5) is 4.79 Å². The minimum atomic E-state index is -0.563. The summed E-state index contributed by atoms with van der Waals surface area (Å²) in [6, 6.07) is 3.25. The highest BCUT2D eigenvalue weighted by molar-refractivity contribution is 5.68. The summed E-state index contributed by atoms with van der Waals surface area (Å²) in [4.78, 5) is 41.8. The fourth-order valence-corrected chi connectivity index (χ4v) is 3.40. The van der Waals surface area contributed by atoms with Gasteiger partial charge in [0.25, 0.3) is 5.56 Å². The first-order valence-electron chi connectivity index (χ1n) is 9.93. The Morgan fingerprint density at radius 3 is 2.70 bits per heavy atom. The van der Waals surface area contributed by atoms with E-state index in [0.717, 1.165) is 10.1 Å². The molecule has 2 aromatic heterocycles. The summed E-state index contributed by atoms with van der Waals surface area (Å²) >= 11 is 0. The zero-order valence-corrected chi connectivity index (χ0v) is 18.0. The molecule has 30 heavy (non-hydrogen) atoms. The number of ether oxygens (including phenoxy) is 2. The maximum absolute atomic E-state index is 12.9. The van der Waals surface area contributed by atoms with Crippen molar-refractivity contribution >= 4 is 6.09 Å². The minimum Gasteiger partial charge on any atom is -0.444 e. The highest BCUT2D eigenvalue weighted by Crippen LogP contribution is 2.12. The first-order valence-corrected chi connectivity index (χ1v) is 9.93. The Morgan fingerprint density at radius 1 is 1.33 bits per heavy atom. The number of nitrogens with zero attached hydrogens (tertiary/aromatic N) is 3. The van der Waals surface area contributed by atoms with Crippen molar-refractivity contribution in [2.75, 3.05) is 6.61 Å². The Bertz CT molecular complexity index is 1050. The number of hydrogen-bond acceptors (Lipinski definition) is 6. The smallest absolute Gasteiger partial charge is 0.407 e. The minimum absolute atomic E-state index is 0.177. The Hall–Kier alpha value is -2.94. The number of pyridine rings is 1. The van der Waals surface area contributed by atoms with Gasteiger partial charge in [-0.15, -0.1) is 0 Å². The van der Waals surface area contributed by atoms with Gasteiger partial charge in [0.1, 0.15) is 11.4 Å². The van der Waals surface area contributed by atoms with E-state index in [9.17, 15) is 14.4 Å². The van der Waals surface area contributed by atoms with E-state index in [1.165, 1.54) is 4.57 Å². The molecule has 1 aliphatic heterocycles. The van der Waals surface area contributed by atoms with Gasteiger partial charge >= 0.3 is 11.8 Å². The number of carbonyl (C=O) groups excluding carboxylic acids is 1. The molecule has 1 atom stereocenters. The largest absolute Gasteiger partial charge is 0.444 e. The molecule has 0 saturated carbocycles. The number of alkyl carbamates (subject to hydrolysis) is 1. The van der Waals surface area contributed by atoms with E-state index < -0.39 is 22.9 Å². The Labute approximate surface area is 174 Å². The van der Waals surface area contributed by atoms with Crippen molar-refractivity contribution in [3.8, 4) is 5.82 Å². The molecule has 0 saturated heterocycles. The van der Waals surface area contributed by atoms with Crippen LogP contribution in [0.25, 0.3) is 5.82 Å². The summed E-state index contributed by atoms with van der Waals surface area (Å²) in [5.74, 6) is 0.255. The van der Waals surface area contributed by atoms with Crippen molar-refractivity contribution in [2.45, 2.75) is 58.8 Å². The van der Waals surface area contributed by atoms with E-state index in [1.54, 1.807) is 46.1 Å². The lowest BCUT2D eigenvalue weighted by atomic mass is 10.1. The van der Waals surface area contributed by atoms with Gasteiger partial charge in [0.05, 0.1) is 18.8 Å². The number of hydrogen-bond donors (Lipinski definition) is 1. The van der Waals surface area contributed by atoms with E-state index >= 15 is 0 Å². The van der Waals surface area contributed by atoms with Crippen molar-refractivity contribution in [3.63, 3.8) is 0 Å². The van der Waals surface area contributed by atoms with E-state index in [2.05, 4.69) is 10.3 Å². The molecular formula is C21H28N4O5. The normalized spacial score (nSPS) is 14.7. The zero-order valence-electron chi connectivity index (χ0n) is 18.0. The van der Waals surface area contributed by atoms with Crippen LogP contribution < -0.4 is 16.6 Å². The molecule has 3 heterocycles. The highest BCUT2D eigenvalue weighted by atomic mass is 16.6. The Kier molecular flexibility index (Phi) is 6.12. The van der Waals surface area contributed by atoms with Crippen molar-refractivity contribution < 1.29 is 14.3 Å². The summed E-state index contributed by atoms with van der Waals surface area (Å²) in [5, 5.41) is 2.78. The Morgan fingerprint density at radius 2 is 2.07 bits per heavy atom. The molecule has 0 fully saturated rings. The predicted octanol–water partition coefficient (Wildman–Crippen LogP) is 1.46. The quantitative estimate of drug-likeness (QED) is 0.809. The number of carbonyl (C=O) groups is 1. The maximum Gasteiger partial charge on any atom is 0.407 e. The molecule has 0 aromatic carbocycles. The lowest BCUT2D eigenvalue weighted by molar-refractivity contribution is 0.0508. The molecule has 9 nitrogen and oxygen atoms in total. The highest BCUT2D eigenvalue weighted by Gasteiger charge is 2.22. The van der Waals surface area contributed by atoms with Crippen LogP contribution in [0.2, 0.25) is 0 Å². The van der Waals surface area contributed by atoms with Gasteiger partial charge in [-0.2, -0.15) is 0 Å². The van der Waals surface area contributed by atoms with Gasteiger partial charge in [-0.1, -0.05) is 6.07 Å². The lowest BCUT2D eigenvalue weighted by Gasteiger charge is -2.22. The zero-order chi connectivity index (χ0) is 22.1. The predicted molar refractivity (Wildman–Crippen MR) is 111 cm³/mol. The SMILES string of the molecule is C[C@@H](Cc1ccc(-n2c(=O)c3c(n(C)c2=O)CCOC3)nc1)NC(=O)OC(C)(C)C. The van der Waals surface area contributed by atoms with Gasteiger partial charge in [-0.25, -0.2) is 19.1 Å². The van der Waals surface area contributed by atoms with Crippen molar-refractivity contribution in [1.29, 1.82) is 0 Å². The van der Waals surface area contributed by atoms with E-state index in [-0.39, 0.29) is 18.5 Å². The second-order valence-electron chi connectivity index (χ2n) is 8.49. The molecule has 3 rings (SSSR count). The van der Waals surface area contributed by atoms with Crippen LogP contribution in [-0.4, -0.2) is 38.5 Å². The van der Waals surface area contributed by atoms with Gasteiger partial charge in [0.2, 0.25) is 0 Å². The molecule has 0 unspecified atom stereocenters. The van der Waals surface area contributed by atoms with Gasteiger partial charge in [-0.3, -0.25) is 9.36 Å². The summed E-state index contributed by atoms with van der Waals surface area (Å²) in [6.07, 6.45) is 2.18. The topological polar surface area (TPSA) is 104 Å². The molecule has 0 radical (unpaired) electrons. The second-order valence-corrected chi connectivity index (χ2v) is 8.49. The summed E-state index contributed by atoms with van der Waals surface area (Å²) < 4.78 is 13.2. The third-order valence-corrected chi connectivity index (χ3v) is 4.77. The van der Waals surface area contributed by atoms with Crippen LogP contribution in [0.15, 0.2) is 27.9 Å². The molecule has 9 heteroatoms. The average molecular weight is 416 g/mol. The molecule has 1 amide bonds. The molecule has 0 bridgehead atoms. The van der Waals surface area contributed by atoms with Crippen LogP contribution in [0.5, 0.6) is 0 Å². The molecule has 162 valence electrons. The number of amides is 1. The van der Waals surface area contributed by atoms with Crippen molar-refractivity contribution in [2.24, 2.45) is 7.05 Å². The van der Waals surface area contributed by atoms with Gasteiger partial charge in [0.15, 0.2) is 0 Å². The first kappa shape index (κ1) is 21.8. The van der Waals surface area contributed by atoms with E-state index in [1.807, 2.05) is 6.92 Å². The third-order valence-electron chi connectivity index (χ3n) is 4.77. The van der Waals surface area contributed by atoms with Gasteiger partial charge in [-0.05, 0) is 45.7 Å². The monoisotopic (exact) mass is 416 g/mol. The molecule has 1 N–H and O–H groups in total. The third kappa shape index (κ3) is 4.79. The second kappa shape index (κ2) is 8.43. The summed E-state index contributed by atoms with van der Waals surface area (Å²) in [7, 11) is 1.65. The van der Waals surface area contributed by atoms with Crippen LogP contribution in [0.3, 0.4) is 0 Å². The molecule has 0 spiro atoms. The first-order chi connectivity index (χ1) is 14.1. The maximum atomic E-state index is 12.9. The van der Waals surface area contributed by atoms with Crippen LogP contribution >= 0.6 is 0 Å². The van der Waals surface area contributed by atoms with Crippen LogP contribution in [0.1, 0.15) is 44.5 Å². The summed E-state index contributed by atoms with van der Waals surface area (Å²) in [6.45, 7) is 7.96. The van der Waals surface area contributed by atoms with E-state index in [0.29, 0.717) is 30.7 Å². The van der Waals surface area contributed by atoms with Crippen LogP contribution in [0, 0.1) is 0 Å². The fraction of sp³-hybridized carbons (Fsp3) is 0.524. The number of aromatic nitrogens is 3. The number of rotatable bonds is 4. The number of nitrogens with one attached hydrogen (secondary N) is 1. The molecular weight excluding hydrogens is 388 g/mol. The van der Waals surface area contributed by atoms with E-state index in [4.69, 9.17) is 9.47 Å². The number of fused-ring (bicyclic) bond motifs is 1. The lowest BCUT2D eigenvalue weighted by Crippen LogP contribution is -2.43. The standard InChI is InChI=1S/C21H28N4O5/c1-13(23-19(27)30-21(2,3)4)10-14-6-7-17(22-11-14)25-18(26)15-12-29-9-8-16(15)24(5)20(25)28/h6-7,11,13H,8-10,12H2,1-5H3,(H,23,27)/t13-/m0/s1. The Balaban J connectivity index is 1.78.